The molecular weight excluding hydrogens is 226 g/mol. The number of hydrogen-bond acceptors (Lipinski definition) is 4. The Kier molecular flexibility index (Phi) is 4.17. The summed E-state index contributed by atoms with van der Waals surface area (Å²) in [6.45, 7) is 3.93. The van der Waals surface area contributed by atoms with Crippen LogP contribution in [0, 0.1) is 19.8 Å². The van der Waals surface area contributed by atoms with Crippen LogP contribution in [0.4, 0.5) is 5.82 Å². The van der Waals surface area contributed by atoms with Gasteiger partial charge in [-0.1, -0.05) is 19.3 Å². The standard InChI is InChI=1S/C14H23N3O/c1-9-10(2)16-14(17-13(9)15)12(18-3)11-7-5-4-6-8-11/h11-12H,4-8H2,1-3H3,(H2,15,16,17). The zero-order chi connectivity index (χ0) is 13.1. The number of ether oxygens (including phenoxy) is 1. The van der Waals surface area contributed by atoms with Crippen LogP contribution in [-0.2, 0) is 4.74 Å². The summed E-state index contributed by atoms with van der Waals surface area (Å²) in [5.74, 6) is 1.87. The molecule has 2 rings (SSSR count). The fourth-order valence-corrected chi connectivity index (χ4v) is 2.75. The van der Waals surface area contributed by atoms with Gasteiger partial charge in [0.15, 0.2) is 5.82 Å². The highest BCUT2D eigenvalue weighted by atomic mass is 16.5. The van der Waals surface area contributed by atoms with Gasteiger partial charge in [0.1, 0.15) is 11.9 Å². The lowest BCUT2D eigenvalue weighted by atomic mass is 9.85. The third kappa shape index (κ3) is 2.64. The second-order valence-electron chi connectivity index (χ2n) is 5.23. The molecule has 0 radical (unpaired) electrons. The summed E-state index contributed by atoms with van der Waals surface area (Å²) in [6, 6.07) is 0. The zero-order valence-electron chi connectivity index (χ0n) is 11.6. The lowest BCUT2D eigenvalue weighted by molar-refractivity contribution is 0.0289. The highest BCUT2D eigenvalue weighted by molar-refractivity contribution is 5.40. The quantitative estimate of drug-likeness (QED) is 0.894. The molecule has 4 heteroatoms. The first-order valence-electron chi connectivity index (χ1n) is 6.77. The Bertz CT molecular complexity index is 390. The van der Waals surface area contributed by atoms with Crippen molar-refractivity contribution in [1.82, 2.24) is 9.97 Å². The van der Waals surface area contributed by atoms with E-state index in [1.807, 2.05) is 13.8 Å². The van der Waals surface area contributed by atoms with Crippen molar-refractivity contribution < 1.29 is 4.74 Å². The van der Waals surface area contributed by atoms with Gasteiger partial charge < -0.3 is 10.5 Å². The van der Waals surface area contributed by atoms with Crippen LogP contribution in [0.1, 0.15) is 55.3 Å². The van der Waals surface area contributed by atoms with Crippen LogP contribution in [0.15, 0.2) is 0 Å². The Hall–Kier alpha value is -1.16. The molecule has 1 atom stereocenters. The molecule has 18 heavy (non-hydrogen) atoms. The number of nitrogen functional groups attached to an aromatic ring is 1. The van der Waals surface area contributed by atoms with Crippen LogP contribution < -0.4 is 5.73 Å². The monoisotopic (exact) mass is 249 g/mol. The van der Waals surface area contributed by atoms with Gasteiger partial charge >= 0.3 is 0 Å². The summed E-state index contributed by atoms with van der Waals surface area (Å²) in [6.07, 6.45) is 6.30. The SMILES string of the molecule is COC(c1nc(C)c(C)c(N)n1)C1CCCCC1. The van der Waals surface area contributed by atoms with Gasteiger partial charge in [-0.25, -0.2) is 9.97 Å². The highest BCUT2D eigenvalue weighted by Crippen LogP contribution is 2.35. The predicted molar refractivity (Wildman–Crippen MR) is 72.2 cm³/mol. The maximum atomic E-state index is 5.94. The molecule has 0 aromatic carbocycles. The topological polar surface area (TPSA) is 61.0 Å². The third-order valence-corrected chi connectivity index (χ3v) is 4.03. The van der Waals surface area contributed by atoms with E-state index in [9.17, 15) is 0 Å². The van der Waals surface area contributed by atoms with Crippen LogP contribution in [0.5, 0.6) is 0 Å². The van der Waals surface area contributed by atoms with Crippen molar-refractivity contribution in [2.75, 3.05) is 12.8 Å². The highest BCUT2D eigenvalue weighted by Gasteiger charge is 2.27. The van der Waals surface area contributed by atoms with Crippen LogP contribution >= 0.6 is 0 Å². The summed E-state index contributed by atoms with van der Waals surface area (Å²) in [4.78, 5) is 8.99. The largest absolute Gasteiger partial charge is 0.383 e. The molecule has 0 spiro atoms. The summed E-state index contributed by atoms with van der Waals surface area (Å²) in [7, 11) is 1.74. The number of aromatic nitrogens is 2. The number of nitrogens with zero attached hydrogens (tertiary/aromatic N) is 2. The normalized spacial score (nSPS) is 18.8. The average Bonchev–Trinajstić information content (AvgIpc) is 2.38. The van der Waals surface area contributed by atoms with E-state index in [1.54, 1.807) is 7.11 Å². The van der Waals surface area contributed by atoms with Crippen molar-refractivity contribution in [3.05, 3.63) is 17.1 Å². The van der Waals surface area contributed by atoms with Gasteiger partial charge in [0.25, 0.3) is 0 Å². The molecule has 0 amide bonds. The molecule has 1 saturated carbocycles. The Morgan fingerprint density at radius 1 is 1.17 bits per heavy atom. The zero-order valence-corrected chi connectivity index (χ0v) is 11.6. The first-order valence-corrected chi connectivity index (χ1v) is 6.77. The van der Waals surface area contributed by atoms with Gasteiger partial charge in [0.05, 0.1) is 0 Å². The molecule has 1 aromatic rings. The molecule has 1 aromatic heterocycles. The molecule has 1 fully saturated rings. The van der Waals surface area contributed by atoms with Gasteiger partial charge in [-0.15, -0.1) is 0 Å². The van der Waals surface area contributed by atoms with Crippen molar-refractivity contribution in [1.29, 1.82) is 0 Å². The van der Waals surface area contributed by atoms with Gasteiger partial charge in [-0.05, 0) is 32.6 Å². The molecule has 0 aliphatic heterocycles. The van der Waals surface area contributed by atoms with E-state index in [2.05, 4.69) is 9.97 Å². The first kappa shape index (κ1) is 13.3. The summed E-state index contributed by atoms with van der Waals surface area (Å²) in [5.41, 5.74) is 7.86. The van der Waals surface area contributed by atoms with E-state index in [1.165, 1.54) is 32.1 Å². The lowest BCUT2D eigenvalue weighted by Crippen LogP contribution is -2.21. The number of rotatable bonds is 3. The Morgan fingerprint density at radius 3 is 2.39 bits per heavy atom. The molecule has 1 aliphatic rings. The molecule has 100 valence electrons. The second kappa shape index (κ2) is 5.65. The van der Waals surface area contributed by atoms with Crippen molar-refractivity contribution in [3.63, 3.8) is 0 Å². The van der Waals surface area contributed by atoms with Crippen LogP contribution in [0.25, 0.3) is 0 Å². The average molecular weight is 249 g/mol. The molecule has 1 heterocycles. The maximum Gasteiger partial charge on any atom is 0.160 e. The number of aryl methyl sites for hydroxylation is 1. The van der Waals surface area contributed by atoms with Crippen LogP contribution in [0.2, 0.25) is 0 Å². The van der Waals surface area contributed by atoms with Crippen molar-refractivity contribution >= 4 is 5.82 Å². The van der Waals surface area contributed by atoms with E-state index in [-0.39, 0.29) is 6.10 Å². The van der Waals surface area contributed by atoms with Gasteiger partial charge in [-0.3, -0.25) is 0 Å². The summed E-state index contributed by atoms with van der Waals surface area (Å²) in [5, 5.41) is 0. The predicted octanol–water partition coefficient (Wildman–Crippen LogP) is 2.94. The summed E-state index contributed by atoms with van der Waals surface area (Å²) >= 11 is 0. The van der Waals surface area contributed by atoms with Gasteiger partial charge in [0, 0.05) is 18.4 Å². The summed E-state index contributed by atoms with van der Waals surface area (Å²) < 4.78 is 5.65. The lowest BCUT2D eigenvalue weighted by Gasteiger charge is -2.28. The van der Waals surface area contributed by atoms with E-state index >= 15 is 0 Å². The Balaban J connectivity index is 2.26. The number of methoxy groups -OCH3 is 1. The van der Waals surface area contributed by atoms with E-state index in [0.29, 0.717) is 11.7 Å². The Labute approximate surface area is 109 Å². The van der Waals surface area contributed by atoms with Crippen LogP contribution in [0.3, 0.4) is 0 Å². The maximum absolute atomic E-state index is 5.94. The first-order chi connectivity index (χ1) is 8.63. The second-order valence-corrected chi connectivity index (χ2v) is 5.23. The molecule has 0 saturated heterocycles. The van der Waals surface area contributed by atoms with E-state index < -0.39 is 0 Å². The fraction of sp³-hybridized carbons (Fsp3) is 0.714. The van der Waals surface area contributed by atoms with Crippen molar-refractivity contribution in [2.45, 2.75) is 52.1 Å². The molecule has 2 N–H and O–H groups in total. The minimum Gasteiger partial charge on any atom is -0.383 e. The molecule has 1 unspecified atom stereocenters. The number of anilines is 1. The third-order valence-electron chi connectivity index (χ3n) is 4.03. The molecule has 4 nitrogen and oxygen atoms in total. The smallest absolute Gasteiger partial charge is 0.160 e. The van der Waals surface area contributed by atoms with E-state index in [4.69, 9.17) is 10.5 Å². The van der Waals surface area contributed by atoms with Gasteiger partial charge in [-0.2, -0.15) is 0 Å². The van der Waals surface area contributed by atoms with E-state index in [0.717, 1.165) is 17.1 Å². The molecule has 1 aliphatic carbocycles. The van der Waals surface area contributed by atoms with Crippen LogP contribution in [-0.4, -0.2) is 17.1 Å². The number of nitrogens with two attached hydrogens (primary N) is 1. The van der Waals surface area contributed by atoms with Crippen molar-refractivity contribution in [2.24, 2.45) is 5.92 Å². The minimum absolute atomic E-state index is 0.00750. The molecular formula is C14H23N3O. The van der Waals surface area contributed by atoms with Crippen molar-refractivity contribution in [3.8, 4) is 0 Å². The fourth-order valence-electron chi connectivity index (χ4n) is 2.75. The Morgan fingerprint density at radius 2 is 1.83 bits per heavy atom. The molecule has 0 bridgehead atoms. The van der Waals surface area contributed by atoms with Gasteiger partial charge in [0.2, 0.25) is 0 Å². The minimum atomic E-state index is -0.00750. The number of hydrogen-bond donors (Lipinski definition) is 1.